The average Bonchev–Trinajstić information content (AvgIpc) is 2.53. The molecule has 0 aliphatic carbocycles. The number of benzene rings is 2. The second kappa shape index (κ2) is 6.10. The van der Waals surface area contributed by atoms with Crippen LogP contribution in [0.15, 0.2) is 47.5 Å². The van der Waals surface area contributed by atoms with E-state index in [1.54, 1.807) is 36.4 Å². The van der Waals surface area contributed by atoms with Crippen molar-refractivity contribution < 1.29 is 9.53 Å². The quantitative estimate of drug-likeness (QED) is 0.779. The van der Waals surface area contributed by atoms with Crippen molar-refractivity contribution in [3.05, 3.63) is 64.2 Å². The molecule has 0 radical (unpaired) electrons. The second-order valence-corrected chi connectivity index (χ2v) is 6.47. The Morgan fingerprint density at radius 2 is 1.96 bits per heavy atom. The maximum Gasteiger partial charge on any atom is 0.194 e. The van der Waals surface area contributed by atoms with Crippen molar-refractivity contribution in [1.29, 1.82) is 5.26 Å². The van der Waals surface area contributed by atoms with Gasteiger partial charge in [-0.25, -0.2) is 4.99 Å². The van der Waals surface area contributed by atoms with Gasteiger partial charge in [0.15, 0.2) is 11.5 Å². The van der Waals surface area contributed by atoms with Crippen LogP contribution in [0.4, 0.5) is 0 Å². The average molecular weight is 339 g/mol. The van der Waals surface area contributed by atoms with Crippen LogP contribution in [0.25, 0.3) is 0 Å². The zero-order valence-corrected chi connectivity index (χ0v) is 14.1. The molecule has 0 unspecified atom stereocenters. The summed E-state index contributed by atoms with van der Waals surface area (Å²) in [6.45, 7) is 3.67. The van der Waals surface area contributed by atoms with Crippen LogP contribution in [0, 0.1) is 11.3 Å². The van der Waals surface area contributed by atoms with E-state index in [0.717, 1.165) is 5.56 Å². The fourth-order valence-electron chi connectivity index (χ4n) is 2.62. The van der Waals surface area contributed by atoms with Gasteiger partial charge in [0.2, 0.25) is 0 Å². The normalized spacial score (nSPS) is 14.8. The van der Waals surface area contributed by atoms with Gasteiger partial charge >= 0.3 is 0 Å². The SMILES string of the molecule is CC1(C)N=C(CC(=O)c2ccc(C#N)cc2)c2ccc(Cl)cc2O1. The summed E-state index contributed by atoms with van der Waals surface area (Å²) < 4.78 is 5.83. The van der Waals surface area contributed by atoms with E-state index < -0.39 is 5.72 Å². The summed E-state index contributed by atoms with van der Waals surface area (Å²) in [6, 6.07) is 13.9. The van der Waals surface area contributed by atoms with Gasteiger partial charge in [-0.3, -0.25) is 4.79 Å². The Balaban J connectivity index is 1.91. The Morgan fingerprint density at radius 3 is 2.62 bits per heavy atom. The molecular formula is C19H15ClN2O2. The molecule has 0 fully saturated rings. The number of Topliss-reactive ketones (excluding diaryl/α,β-unsaturated/α-hetero) is 1. The van der Waals surface area contributed by atoms with Crippen molar-refractivity contribution >= 4 is 23.1 Å². The minimum Gasteiger partial charge on any atom is -0.466 e. The largest absolute Gasteiger partial charge is 0.466 e. The topological polar surface area (TPSA) is 62.5 Å². The Labute approximate surface area is 145 Å². The van der Waals surface area contributed by atoms with Gasteiger partial charge in [0, 0.05) is 16.1 Å². The molecule has 0 spiro atoms. The number of aliphatic imine (C=N–C) groups is 1. The van der Waals surface area contributed by atoms with Gasteiger partial charge < -0.3 is 4.74 Å². The lowest BCUT2D eigenvalue weighted by atomic mass is 9.98. The number of rotatable bonds is 3. The molecule has 0 saturated carbocycles. The monoisotopic (exact) mass is 338 g/mol. The molecule has 5 heteroatoms. The first-order valence-corrected chi connectivity index (χ1v) is 7.87. The minimum atomic E-state index is -0.752. The minimum absolute atomic E-state index is 0.0585. The van der Waals surface area contributed by atoms with E-state index in [4.69, 9.17) is 21.6 Å². The van der Waals surface area contributed by atoms with Crippen LogP contribution in [0.5, 0.6) is 5.75 Å². The highest BCUT2D eigenvalue weighted by Gasteiger charge is 2.29. The zero-order chi connectivity index (χ0) is 17.3. The Morgan fingerprint density at radius 1 is 1.25 bits per heavy atom. The molecule has 0 aromatic heterocycles. The van der Waals surface area contributed by atoms with E-state index in [1.165, 1.54) is 0 Å². The lowest BCUT2D eigenvalue weighted by Gasteiger charge is -2.30. The van der Waals surface area contributed by atoms with Gasteiger partial charge in [0.25, 0.3) is 0 Å². The van der Waals surface area contributed by atoms with E-state index in [0.29, 0.717) is 27.6 Å². The van der Waals surface area contributed by atoms with Gasteiger partial charge in [0.1, 0.15) is 5.75 Å². The van der Waals surface area contributed by atoms with Crippen LogP contribution in [0.1, 0.15) is 41.8 Å². The molecule has 0 bridgehead atoms. The number of halogens is 1. The number of nitriles is 1. The number of hydrogen-bond donors (Lipinski definition) is 0. The number of fused-ring (bicyclic) bond motifs is 1. The highest BCUT2D eigenvalue weighted by Crippen LogP contribution is 2.33. The number of ketones is 1. The summed E-state index contributed by atoms with van der Waals surface area (Å²) in [6.07, 6.45) is 0.160. The van der Waals surface area contributed by atoms with Crippen LogP contribution in [-0.2, 0) is 0 Å². The molecule has 2 aromatic rings. The Bertz CT molecular complexity index is 877. The van der Waals surface area contributed by atoms with E-state index in [-0.39, 0.29) is 12.2 Å². The van der Waals surface area contributed by atoms with E-state index >= 15 is 0 Å². The Hall–Kier alpha value is -2.64. The summed E-state index contributed by atoms with van der Waals surface area (Å²) in [5.74, 6) is 0.571. The van der Waals surface area contributed by atoms with Crippen LogP contribution in [0.2, 0.25) is 5.02 Å². The van der Waals surface area contributed by atoms with Gasteiger partial charge in [-0.2, -0.15) is 5.26 Å². The maximum atomic E-state index is 12.6. The predicted octanol–water partition coefficient (Wildman–Crippen LogP) is 4.40. The molecular weight excluding hydrogens is 324 g/mol. The molecule has 0 amide bonds. The third kappa shape index (κ3) is 3.32. The summed E-state index contributed by atoms with van der Waals surface area (Å²) in [4.78, 5) is 17.1. The molecule has 120 valence electrons. The first kappa shape index (κ1) is 16.2. The first-order valence-electron chi connectivity index (χ1n) is 7.49. The molecule has 3 rings (SSSR count). The lowest BCUT2D eigenvalue weighted by Crippen LogP contribution is -2.32. The zero-order valence-electron chi connectivity index (χ0n) is 13.3. The van der Waals surface area contributed by atoms with Crippen molar-refractivity contribution in [3.8, 4) is 11.8 Å². The first-order chi connectivity index (χ1) is 11.4. The van der Waals surface area contributed by atoms with Crippen LogP contribution in [-0.4, -0.2) is 17.2 Å². The molecule has 1 heterocycles. The third-order valence-corrected chi connectivity index (χ3v) is 3.92. The number of carbonyl (C=O) groups excluding carboxylic acids is 1. The standard InChI is InChI=1S/C19H15ClN2O2/c1-19(2)22-16(15-8-7-14(20)9-18(15)24-19)10-17(23)13-5-3-12(11-21)4-6-13/h3-9H,10H2,1-2H3. The summed E-state index contributed by atoms with van der Waals surface area (Å²) in [7, 11) is 0. The van der Waals surface area contributed by atoms with E-state index in [2.05, 4.69) is 4.99 Å². The summed E-state index contributed by atoms with van der Waals surface area (Å²) >= 11 is 6.03. The highest BCUT2D eigenvalue weighted by molar-refractivity contribution is 6.31. The third-order valence-electron chi connectivity index (χ3n) is 3.68. The van der Waals surface area contributed by atoms with Gasteiger partial charge in [0.05, 0.1) is 23.8 Å². The van der Waals surface area contributed by atoms with E-state index in [9.17, 15) is 4.79 Å². The smallest absolute Gasteiger partial charge is 0.194 e. The molecule has 0 atom stereocenters. The number of nitrogens with zero attached hydrogens (tertiary/aromatic N) is 2. The molecule has 1 aliphatic rings. The molecule has 0 N–H and O–H groups in total. The Kier molecular flexibility index (Phi) is 4.13. The lowest BCUT2D eigenvalue weighted by molar-refractivity contribution is 0.0994. The number of hydrogen-bond acceptors (Lipinski definition) is 4. The van der Waals surface area contributed by atoms with Gasteiger partial charge in [-0.1, -0.05) is 23.7 Å². The van der Waals surface area contributed by atoms with Crippen LogP contribution in [0.3, 0.4) is 0 Å². The number of ether oxygens (including phenoxy) is 1. The molecule has 1 aliphatic heterocycles. The molecule has 4 nitrogen and oxygen atoms in total. The van der Waals surface area contributed by atoms with Crippen molar-refractivity contribution in [2.45, 2.75) is 26.0 Å². The molecule has 24 heavy (non-hydrogen) atoms. The van der Waals surface area contributed by atoms with Crippen molar-refractivity contribution in [3.63, 3.8) is 0 Å². The van der Waals surface area contributed by atoms with Crippen LogP contribution >= 0.6 is 11.6 Å². The van der Waals surface area contributed by atoms with E-state index in [1.807, 2.05) is 26.0 Å². The van der Waals surface area contributed by atoms with Crippen molar-refractivity contribution in [2.24, 2.45) is 4.99 Å². The predicted molar refractivity (Wildman–Crippen MR) is 92.8 cm³/mol. The fourth-order valence-corrected chi connectivity index (χ4v) is 2.78. The number of carbonyl (C=O) groups is 1. The fraction of sp³-hybridized carbons (Fsp3) is 0.211. The van der Waals surface area contributed by atoms with Crippen LogP contribution < -0.4 is 4.74 Å². The summed E-state index contributed by atoms with van der Waals surface area (Å²) in [5, 5.41) is 9.41. The summed E-state index contributed by atoms with van der Waals surface area (Å²) in [5.41, 5.74) is 1.78. The van der Waals surface area contributed by atoms with Crippen molar-refractivity contribution in [1.82, 2.24) is 0 Å². The second-order valence-electron chi connectivity index (χ2n) is 6.04. The van der Waals surface area contributed by atoms with Gasteiger partial charge in [-0.15, -0.1) is 0 Å². The molecule has 2 aromatic carbocycles. The van der Waals surface area contributed by atoms with Gasteiger partial charge in [-0.05, 0) is 44.2 Å². The highest BCUT2D eigenvalue weighted by atomic mass is 35.5. The van der Waals surface area contributed by atoms with Crippen molar-refractivity contribution in [2.75, 3.05) is 0 Å². The molecule has 0 saturated heterocycles. The maximum absolute atomic E-state index is 12.6.